The fourth-order valence-corrected chi connectivity index (χ4v) is 1.16. The van der Waals surface area contributed by atoms with Crippen LogP contribution in [0.3, 0.4) is 0 Å². The fraction of sp³-hybridized carbons (Fsp3) is 0.200. The van der Waals surface area contributed by atoms with Gasteiger partial charge in [-0.2, -0.15) is 0 Å². The maximum atomic E-state index is 10.6. The van der Waals surface area contributed by atoms with E-state index in [0.29, 0.717) is 11.4 Å². The Morgan fingerprint density at radius 1 is 1.57 bits per heavy atom. The number of alkyl halides is 1. The summed E-state index contributed by atoms with van der Waals surface area (Å²) in [6.45, 7) is 1.84. The summed E-state index contributed by atoms with van der Waals surface area (Å²) in [5, 5.41) is 10.6. The molecule has 3 nitrogen and oxygen atoms in total. The highest BCUT2D eigenvalue weighted by atomic mass is 35.5. The van der Waals surface area contributed by atoms with E-state index >= 15 is 0 Å². The summed E-state index contributed by atoms with van der Waals surface area (Å²) in [5.74, 6) is 0.381. The minimum Gasteiger partial charge on any atom is -0.258 e. The summed E-state index contributed by atoms with van der Waals surface area (Å²) < 4.78 is 0. The van der Waals surface area contributed by atoms with Gasteiger partial charge in [0, 0.05) is 11.9 Å². The van der Waals surface area contributed by atoms with E-state index in [1.165, 1.54) is 6.07 Å². The third-order valence-corrected chi connectivity index (χ3v) is 2.17. The van der Waals surface area contributed by atoms with Gasteiger partial charge in [-0.1, -0.05) is 17.7 Å². The molecule has 0 atom stereocenters. The SMILES string of the molecule is CC(=Cc1ccccc1[N+](=O)[O-])CCl. The van der Waals surface area contributed by atoms with Gasteiger partial charge in [0.1, 0.15) is 0 Å². The first-order valence-electron chi connectivity index (χ1n) is 4.11. The van der Waals surface area contributed by atoms with E-state index < -0.39 is 4.92 Å². The normalized spacial score (nSPS) is 11.4. The van der Waals surface area contributed by atoms with Gasteiger partial charge in [0.15, 0.2) is 0 Å². The quantitative estimate of drug-likeness (QED) is 0.438. The summed E-state index contributed by atoms with van der Waals surface area (Å²) in [5.41, 5.74) is 1.61. The molecule has 14 heavy (non-hydrogen) atoms. The molecule has 74 valence electrons. The van der Waals surface area contributed by atoms with E-state index in [0.717, 1.165) is 5.57 Å². The van der Waals surface area contributed by atoms with Crippen LogP contribution >= 0.6 is 11.6 Å². The lowest BCUT2D eigenvalue weighted by atomic mass is 10.1. The first kappa shape index (κ1) is 10.7. The molecule has 0 radical (unpaired) electrons. The van der Waals surface area contributed by atoms with Crippen LogP contribution in [-0.4, -0.2) is 10.8 Å². The van der Waals surface area contributed by atoms with Crippen molar-refractivity contribution in [1.29, 1.82) is 0 Å². The summed E-state index contributed by atoms with van der Waals surface area (Å²) in [6.07, 6.45) is 1.73. The molecule has 1 aromatic rings. The predicted molar refractivity (Wildman–Crippen MR) is 57.5 cm³/mol. The zero-order chi connectivity index (χ0) is 10.6. The van der Waals surface area contributed by atoms with Crippen molar-refractivity contribution < 1.29 is 4.92 Å². The van der Waals surface area contributed by atoms with Gasteiger partial charge >= 0.3 is 0 Å². The van der Waals surface area contributed by atoms with Crippen LogP contribution in [0.1, 0.15) is 12.5 Å². The average Bonchev–Trinajstić information content (AvgIpc) is 2.18. The van der Waals surface area contributed by atoms with Gasteiger partial charge < -0.3 is 0 Å². The number of nitrogens with zero attached hydrogens (tertiary/aromatic N) is 1. The van der Waals surface area contributed by atoms with Crippen LogP contribution in [0.15, 0.2) is 29.8 Å². The molecule has 0 saturated heterocycles. The van der Waals surface area contributed by atoms with Gasteiger partial charge in [-0.3, -0.25) is 10.1 Å². The maximum absolute atomic E-state index is 10.6. The molecule has 0 fully saturated rings. The van der Waals surface area contributed by atoms with Gasteiger partial charge in [-0.05, 0) is 19.1 Å². The van der Waals surface area contributed by atoms with Gasteiger partial charge in [0.2, 0.25) is 0 Å². The number of nitro groups is 1. The highest BCUT2D eigenvalue weighted by molar-refractivity contribution is 6.19. The van der Waals surface area contributed by atoms with E-state index in [1.807, 2.05) is 6.92 Å². The van der Waals surface area contributed by atoms with Crippen molar-refractivity contribution >= 4 is 23.4 Å². The summed E-state index contributed by atoms with van der Waals surface area (Å²) in [7, 11) is 0. The lowest BCUT2D eigenvalue weighted by Gasteiger charge is -1.98. The number of hydrogen-bond donors (Lipinski definition) is 0. The second kappa shape index (κ2) is 4.77. The molecule has 0 aromatic heterocycles. The Balaban J connectivity index is 3.14. The fourth-order valence-electron chi connectivity index (χ4n) is 1.08. The topological polar surface area (TPSA) is 43.1 Å². The zero-order valence-corrected chi connectivity index (χ0v) is 8.49. The van der Waals surface area contributed by atoms with E-state index in [4.69, 9.17) is 11.6 Å². The van der Waals surface area contributed by atoms with E-state index in [-0.39, 0.29) is 5.69 Å². The van der Waals surface area contributed by atoms with Gasteiger partial charge in [-0.25, -0.2) is 0 Å². The molecule has 0 bridgehead atoms. The largest absolute Gasteiger partial charge is 0.276 e. The number of benzene rings is 1. The van der Waals surface area contributed by atoms with Crippen molar-refractivity contribution in [3.8, 4) is 0 Å². The Bertz CT molecular complexity index is 374. The number of allylic oxidation sites excluding steroid dienone is 1. The molecule has 1 aromatic carbocycles. The Morgan fingerprint density at radius 2 is 2.21 bits per heavy atom. The number of nitro benzene ring substituents is 1. The van der Waals surface area contributed by atoms with Gasteiger partial charge in [-0.15, -0.1) is 11.6 Å². The van der Waals surface area contributed by atoms with Crippen LogP contribution in [-0.2, 0) is 0 Å². The number of hydrogen-bond acceptors (Lipinski definition) is 2. The van der Waals surface area contributed by atoms with Crippen LogP contribution in [0.25, 0.3) is 6.08 Å². The molecule has 0 amide bonds. The van der Waals surface area contributed by atoms with Gasteiger partial charge in [0.05, 0.1) is 10.5 Å². The Labute approximate surface area is 87.2 Å². The third kappa shape index (κ3) is 2.57. The molecule has 0 spiro atoms. The number of halogens is 1. The third-order valence-electron chi connectivity index (χ3n) is 1.75. The molecule has 0 aliphatic heterocycles. The molecule has 0 aliphatic carbocycles. The summed E-state index contributed by atoms with van der Waals surface area (Å²) in [6, 6.07) is 6.59. The smallest absolute Gasteiger partial charge is 0.258 e. The maximum Gasteiger partial charge on any atom is 0.276 e. The van der Waals surface area contributed by atoms with Crippen molar-refractivity contribution in [2.45, 2.75) is 6.92 Å². The van der Waals surface area contributed by atoms with E-state index in [1.54, 1.807) is 24.3 Å². The molecular formula is C10H10ClNO2. The highest BCUT2D eigenvalue weighted by Gasteiger charge is 2.09. The molecule has 0 aliphatic rings. The molecule has 0 unspecified atom stereocenters. The van der Waals surface area contributed by atoms with Crippen molar-refractivity contribution in [2.75, 3.05) is 5.88 Å². The van der Waals surface area contributed by atoms with Crippen LogP contribution in [0.4, 0.5) is 5.69 Å². The predicted octanol–water partition coefficient (Wildman–Crippen LogP) is 3.24. The molecule has 4 heteroatoms. The second-order valence-electron chi connectivity index (χ2n) is 2.94. The minimum absolute atomic E-state index is 0.108. The van der Waals surface area contributed by atoms with Crippen molar-refractivity contribution in [3.05, 3.63) is 45.5 Å². The first-order chi connectivity index (χ1) is 6.65. The first-order valence-corrected chi connectivity index (χ1v) is 4.65. The summed E-state index contributed by atoms with van der Waals surface area (Å²) >= 11 is 5.60. The van der Waals surface area contributed by atoms with Crippen molar-refractivity contribution in [1.82, 2.24) is 0 Å². The Kier molecular flexibility index (Phi) is 3.65. The van der Waals surface area contributed by atoms with Crippen molar-refractivity contribution in [3.63, 3.8) is 0 Å². The molecule has 1 rings (SSSR count). The molecular weight excluding hydrogens is 202 g/mol. The zero-order valence-electron chi connectivity index (χ0n) is 7.74. The molecule has 0 saturated carbocycles. The molecule has 0 heterocycles. The summed E-state index contributed by atoms with van der Waals surface area (Å²) in [4.78, 5) is 10.2. The second-order valence-corrected chi connectivity index (χ2v) is 3.21. The van der Waals surface area contributed by atoms with Gasteiger partial charge in [0.25, 0.3) is 5.69 Å². The van der Waals surface area contributed by atoms with E-state index in [2.05, 4.69) is 0 Å². The number of rotatable bonds is 3. The lowest BCUT2D eigenvalue weighted by molar-refractivity contribution is -0.385. The van der Waals surface area contributed by atoms with Crippen LogP contribution in [0, 0.1) is 10.1 Å². The van der Waals surface area contributed by atoms with Crippen LogP contribution < -0.4 is 0 Å². The Hall–Kier alpha value is -1.35. The molecule has 0 N–H and O–H groups in total. The van der Waals surface area contributed by atoms with Crippen molar-refractivity contribution in [2.24, 2.45) is 0 Å². The monoisotopic (exact) mass is 211 g/mol. The van der Waals surface area contributed by atoms with E-state index in [9.17, 15) is 10.1 Å². The average molecular weight is 212 g/mol. The lowest BCUT2D eigenvalue weighted by Crippen LogP contribution is -1.91. The Morgan fingerprint density at radius 3 is 2.79 bits per heavy atom. The highest BCUT2D eigenvalue weighted by Crippen LogP contribution is 2.20. The number of para-hydroxylation sites is 1. The minimum atomic E-state index is -0.395. The van der Waals surface area contributed by atoms with Crippen LogP contribution in [0.5, 0.6) is 0 Å². The standard InChI is InChI=1S/C10H10ClNO2/c1-8(7-11)6-9-4-2-3-5-10(9)12(13)14/h2-6H,7H2,1H3. The van der Waals surface area contributed by atoms with Crippen LogP contribution in [0.2, 0.25) is 0 Å².